The number of benzene rings is 1. The van der Waals surface area contributed by atoms with Gasteiger partial charge in [-0.15, -0.1) is 0 Å². The molecule has 0 aliphatic carbocycles. The highest BCUT2D eigenvalue weighted by Crippen LogP contribution is 2.22. The van der Waals surface area contributed by atoms with Crippen LogP contribution in [0.2, 0.25) is 0 Å². The molecule has 0 atom stereocenters. The quantitative estimate of drug-likeness (QED) is 0.944. The summed E-state index contributed by atoms with van der Waals surface area (Å²) in [6.07, 6.45) is 1.72. The maximum atomic E-state index is 13.0. The van der Waals surface area contributed by atoms with E-state index >= 15 is 0 Å². The average molecular weight is 311 g/mol. The fraction of sp³-hybridized carbons (Fsp3) is 0.154. The first-order chi connectivity index (χ1) is 8.69. The van der Waals surface area contributed by atoms with Gasteiger partial charge >= 0.3 is 0 Å². The summed E-state index contributed by atoms with van der Waals surface area (Å²) in [7, 11) is 0. The van der Waals surface area contributed by atoms with Crippen molar-refractivity contribution in [1.82, 2.24) is 4.98 Å². The minimum absolute atomic E-state index is 0.312. The van der Waals surface area contributed by atoms with Gasteiger partial charge in [0.25, 0.3) is 0 Å². The second-order valence-electron chi connectivity index (χ2n) is 3.73. The average Bonchev–Trinajstić information content (AvgIpc) is 2.41. The third-order valence-electron chi connectivity index (χ3n) is 2.40. The predicted molar refractivity (Wildman–Crippen MR) is 70.6 cm³/mol. The lowest BCUT2D eigenvalue weighted by atomic mass is 10.2. The summed E-state index contributed by atoms with van der Waals surface area (Å²) < 4.78 is 18.9. The fourth-order valence-corrected chi connectivity index (χ4v) is 1.74. The van der Waals surface area contributed by atoms with Crippen LogP contribution in [0.3, 0.4) is 0 Å². The van der Waals surface area contributed by atoms with E-state index in [2.05, 4.69) is 20.9 Å². The second-order valence-corrected chi connectivity index (χ2v) is 4.58. The van der Waals surface area contributed by atoms with Crippen LogP contribution in [-0.4, -0.2) is 4.98 Å². The molecule has 0 amide bonds. The van der Waals surface area contributed by atoms with Crippen LogP contribution >= 0.6 is 15.9 Å². The summed E-state index contributed by atoms with van der Waals surface area (Å²) in [4.78, 5) is 4.21. The normalized spacial score (nSPS) is 10.4. The number of aromatic nitrogens is 1. The molecule has 0 spiro atoms. The summed E-state index contributed by atoms with van der Waals surface area (Å²) in [6.45, 7) is 0.808. The minimum Gasteiger partial charge on any atom is -0.487 e. The van der Waals surface area contributed by atoms with Crippen molar-refractivity contribution in [3.8, 4) is 5.75 Å². The van der Waals surface area contributed by atoms with Gasteiger partial charge in [0.15, 0.2) is 0 Å². The molecule has 2 aromatic rings. The van der Waals surface area contributed by atoms with E-state index in [0.717, 1.165) is 11.3 Å². The Morgan fingerprint density at radius 2 is 2.11 bits per heavy atom. The van der Waals surface area contributed by atoms with Crippen LogP contribution in [0.4, 0.5) is 4.39 Å². The Morgan fingerprint density at radius 3 is 2.72 bits per heavy atom. The standard InChI is InChI=1S/C13H12BrFN2O/c14-12-5-11(3-4-13(12)15)18-8-10-2-1-9(6-16)7-17-10/h1-5,7H,6,8,16H2. The van der Waals surface area contributed by atoms with Crippen LogP contribution < -0.4 is 10.5 Å². The number of nitrogens with zero attached hydrogens (tertiary/aromatic N) is 1. The number of rotatable bonds is 4. The Morgan fingerprint density at radius 1 is 1.28 bits per heavy atom. The summed E-state index contributed by atoms with van der Waals surface area (Å²) in [5, 5.41) is 0. The van der Waals surface area contributed by atoms with Gasteiger partial charge in [-0.3, -0.25) is 4.98 Å². The molecule has 1 aromatic carbocycles. The first kappa shape index (κ1) is 13.0. The SMILES string of the molecule is NCc1ccc(COc2ccc(F)c(Br)c2)nc1. The molecule has 2 rings (SSSR count). The van der Waals surface area contributed by atoms with Crippen molar-refractivity contribution in [3.63, 3.8) is 0 Å². The van der Waals surface area contributed by atoms with Gasteiger partial charge in [-0.2, -0.15) is 0 Å². The molecule has 0 aliphatic heterocycles. The molecule has 0 saturated heterocycles. The van der Waals surface area contributed by atoms with Crippen molar-refractivity contribution < 1.29 is 9.13 Å². The Labute approximate surface area is 113 Å². The van der Waals surface area contributed by atoms with Crippen molar-refractivity contribution in [1.29, 1.82) is 0 Å². The Bertz CT molecular complexity index is 531. The molecule has 0 unspecified atom stereocenters. The lowest BCUT2D eigenvalue weighted by Crippen LogP contribution is -2.01. The van der Waals surface area contributed by atoms with Gasteiger partial charge in [-0.05, 0) is 45.8 Å². The van der Waals surface area contributed by atoms with Crippen LogP contribution in [0.1, 0.15) is 11.3 Å². The topological polar surface area (TPSA) is 48.1 Å². The Balaban J connectivity index is 1.99. The van der Waals surface area contributed by atoms with Gasteiger partial charge in [-0.1, -0.05) is 6.07 Å². The largest absolute Gasteiger partial charge is 0.487 e. The molecule has 1 heterocycles. The summed E-state index contributed by atoms with van der Waals surface area (Å²) in [6, 6.07) is 8.29. The molecule has 3 nitrogen and oxygen atoms in total. The van der Waals surface area contributed by atoms with Gasteiger partial charge in [-0.25, -0.2) is 4.39 Å². The third-order valence-corrected chi connectivity index (χ3v) is 3.01. The maximum Gasteiger partial charge on any atom is 0.137 e. The number of halogens is 2. The number of pyridine rings is 1. The highest BCUT2D eigenvalue weighted by atomic mass is 79.9. The number of nitrogens with two attached hydrogens (primary N) is 1. The molecule has 0 aliphatic rings. The van der Waals surface area contributed by atoms with Gasteiger partial charge in [0.2, 0.25) is 0 Å². The number of ether oxygens (including phenoxy) is 1. The van der Waals surface area contributed by atoms with Gasteiger partial charge in [0.05, 0.1) is 10.2 Å². The lowest BCUT2D eigenvalue weighted by Gasteiger charge is -2.06. The molecule has 18 heavy (non-hydrogen) atoms. The molecule has 0 bridgehead atoms. The van der Waals surface area contributed by atoms with E-state index in [1.807, 2.05) is 12.1 Å². The number of hydrogen-bond acceptors (Lipinski definition) is 3. The molecule has 94 valence electrons. The molecule has 0 saturated carbocycles. The van der Waals surface area contributed by atoms with E-state index < -0.39 is 0 Å². The summed E-state index contributed by atoms with van der Waals surface area (Å²) in [5.74, 6) is 0.278. The summed E-state index contributed by atoms with van der Waals surface area (Å²) in [5.41, 5.74) is 7.26. The number of hydrogen-bond donors (Lipinski definition) is 1. The first-order valence-electron chi connectivity index (χ1n) is 5.41. The van der Waals surface area contributed by atoms with Crippen LogP contribution in [0.5, 0.6) is 5.75 Å². The molecule has 0 fully saturated rings. The van der Waals surface area contributed by atoms with Crippen molar-refractivity contribution in [2.24, 2.45) is 5.73 Å². The zero-order valence-corrected chi connectivity index (χ0v) is 11.2. The molecular weight excluding hydrogens is 299 g/mol. The summed E-state index contributed by atoms with van der Waals surface area (Å²) >= 11 is 3.11. The zero-order chi connectivity index (χ0) is 13.0. The van der Waals surface area contributed by atoms with Crippen molar-refractivity contribution in [2.75, 3.05) is 0 Å². The van der Waals surface area contributed by atoms with E-state index in [1.165, 1.54) is 6.07 Å². The highest BCUT2D eigenvalue weighted by Gasteiger charge is 2.02. The maximum absolute atomic E-state index is 13.0. The van der Waals surface area contributed by atoms with E-state index in [0.29, 0.717) is 23.4 Å². The van der Waals surface area contributed by atoms with Crippen LogP contribution in [-0.2, 0) is 13.2 Å². The van der Waals surface area contributed by atoms with Crippen LogP contribution in [0.15, 0.2) is 41.0 Å². The van der Waals surface area contributed by atoms with Crippen molar-refractivity contribution in [2.45, 2.75) is 13.2 Å². The van der Waals surface area contributed by atoms with Crippen LogP contribution in [0, 0.1) is 5.82 Å². The zero-order valence-electron chi connectivity index (χ0n) is 9.57. The monoisotopic (exact) mass is 310 g/mol. The van der Waals surface area contributed by atoms with E-state index in [9.17, 15) is 4.39 Å². The van der Waals surface area contributed by atoms with Gasteiger partial charge < -0.3 is 10.5 Å². The second kappa shape index (κ2) is 5.93. The minimum atomic E-state index is -0.312. The Kier molecular flexibility index (Phi) is 4.28. The van der Waals surface area contributed by atoms with Gasteiger partial charge in [0.1, 0.15) is 18.2 Å². The third kappa shape index (κ3) is 3.27. The predicted octanol–water partition coefficient (Wildman–Crippen LogP) is 3.02. The first-order valence-corrected chi connectivity index (χ1v) is 6.20. The van der Waals surface area contributed by atoms with E-state index in [-0.39, 0.29) is 5.82 Å². The van der Waals surface area contributed by atoms with Crippen molar-refractivity contribution in [3.05, 3.63) is 58.1 Å². The van der Waals surface area contributed by atoms with E-state index in [4.69, 9.17) is 10.5 Å². The molecule has 2 N–H and O–H groups in total. The Hall–Kier alpha value is -1.46. The lowest BCUT2D eigenvalue weighted by molar-refractivity contribution is 0.300. The molecule has 0 radical (unpaired) electrons. The highest BCUT2D eigenvalue weighted by molar-refractivity contribution is 9.10. The molecule has 5 heteroatoms. The molecular formula is C13H12BrFN2O. The van der Waals surface area contributed by atoms with Crippen molar-refractivity contribution >= 4 is 15.9 Å². The smallest absolute Gasteiger partial charge is 0.137 e. The van der Waals surface area contributed by atoms with Gasteiger partial charge in [0, 0.05) is 12.7 Å². The van der Waals surface area contributed by atoms with Crippen LogP contribution in [0.25, 0.3) is 0 Å². The molecule has 1 aromatic heterocycles. The van der Waals surface area contributed by atoms with E-state index in [1.54, 1.807) is 18.3 Å². The fourth-order valence-electron chi connectivity index (χ4n) is 1.39.